The SMILES string of the molecule is N.O=C(Oc1ccccc1)c1ccccc1. The number of ether oxygens (including phenoxy) is 1. The summed E-state index contributed by atoms with van der Waals surface area (Å²) in [5, 5.41) is 0. The van der Waals surface area contributed by atoms with E-state index in [-0.39, 0.29) is 12.1 Å². The van der Waals surface area contributed by atoms with E-state index in [9.17, 15) is 4.79 Å². The molecular formula is C13H13NO2. The molecule has 0 aromatic heterocycles. The van der Waals surface area contributed by atoms with Gasteiger partial charge in [-0.3, -0.25) is 0 Å². The van der Waals surface area contributed by atoms with Gasteiger partial charge in [0.1, 0.15) is 5.75 Å². The molecule has 2 aromatic carbocycles. The molecule has 82 valence electrons. The van der Waals surface area contributed by atoms with Crippen LogP contribution in [0.1, 0.15) is 10.4 Å². The van der Waals surface area contributed by atoms with Crippen LogP contribution >= 0.6 is 0 Å². The number of rotatable bonds is 2. The Balaban J connectivity index is 0.00000128. The highest BCUT2D eigenvalue weighted by Crippen LogP contribution is 2.11. The summed E-state index contributed by atoms with van der Waals surface area (Å²) in [6.07, 6.45) is 0. The van der Waals surface area contributed by atoms with Gasteiger partial charge in [-0.05, 0) is 24.3 Å². The number of hydrogen-bond acceptors (Lipinski definition) is 3. The lowest BCUT2D eigenvalue weighted by molar-refractivity contribution is 0.0735. The van der Waals surface area contributed by atoms with Crippen molar-refractivity contribution in [1.82, 2.24) is 6.15 Å². The number of esters is 1. The smallest absolute Gasteiger partial charge is 0.343 e. The molecule has 2 rings (SSSR count). The van der Waals surface area contributed by atoms with Crippen molar-refractivity contribution in [3.63, 3.8) is 0 Å². The topological polar surface area (TPSA) is 61.3 Å². The monoisotopic (exact) mass is 215 g/mol. The van der Waals surface area contributed by atoms with Crippen LogP contribution in [0.5, 0.6) is 5.75 Å². The Kier molecular flexibility index (Phi) is 4.24. The van der Waals surface area contributed by atoms with E-state index in [4.69, 9.17) is 4.74 Å². The minimum absolute atomic E-state index is 0. The van der Waals surface area contributed by atoms with Gasteiger partial charge in [0.2, 0.25) is 0 Å². The van der Waals surface area contributed by atoms with Gasteiger partial charge in [0.15, 0.2) is 0 Å². The van der Waals surface area contributed by atoms with E-state index in [2.05, 4.69) is 0 Å². The maximum atomic E-state index is 11.6. The van der Waals surface area contributed by atoms with Crippen molar-refractivity contribution in [3.8, 4) is 5.75 Å². The Labute approximate surface area is 94.3 Å². The lowest BCUT2D eigenvalue weighted by Gasteiger charge is -2.02. The fraction of sp³-hybridized carbons (Fsp3) is 0. The summed E-state index contributed by atoms with van der Waals surface area (Å²) in [5.74, 6) is 0.230. The molecule has 0 atom stereocenters. The quantitative estimate of drug-likeness (QED) is 0.618. The van der Waals surface area contributed by atoms with Crippen LogP contribution in [0, 0.1) is 0 Å². The summed E-state index contributed by atoms with van der Waals surface area (Å²) in [4.78, 5) is 11.6. The number of hydrogen-bond donors (Lipinski definition) is 1. The molecule has 0 fully saturated rings. The third kappa shape index (κ3) is 2.93. The van der Waals surface area contributed by atoms with Crippen molar-refractivity contribution >= 4 is 5.97 Å². The number of carbonyl (C=O) groups excluding carboxylic acids is 1. The van der Waals surface area contributed by atoms with Gasteiger partial charge in [0.25, 0.3) is 0 Å². The Morgan fingerprint density at radius 2 is 1.31 bits per heavy atom. The van der Waals surface area contributed by atoms with Crippen molar-refractivity contribution in [2.24, 2.45) is 0 Å². The molecule has 0 radical (unpaired) electrons. The van der Waals surface area contributed by atoms with Crippen LogP contribution in [0.15, 0.2) is 60.7 Å². The molecule has 0 unspecified atom stereocenters. The van der Waals surface area contributed by atoms with Crippen molar-refractivity contribution in [3.05, 3.63) is 66.2 Å². The van der Waals surface area contributed by atoms with Crippen LogP contribution in [0.25, 0.3) is 0 Å². The van der Waals surface area contributed by atoms with Gasteiger partial charge in [-0.15, -0.1) is 0 Å². The average molecular weight is 215 g/mol. The largest absolute Gasteiger partial charge is 0.423 e. The molecule has 0 amide bonds. The summed E-state index contributed by atoms with van der Waals surface area (Å²) in [6, 6.07) is 18.0. The molecule has 3 heteroatoms. The van der Waals surface area contributed by atoms with Crippen LogP contribution < -0.4 is 10.9 Å². The standard InChI is InChI=1S/C13H10O2.H3N/c14-13(11-7-3-1-4-8-11)15-12-9-5-2-6-10-12;/h1-10H;1H3. The highest BCUT2D eigenvalue weighted by molar-refractivity contribution is 5.90. The molecule has 0 heterocycles. The van der Waals surface area contributed by atoms with E-state index in [1.807, 2.05) is 36.4 Å². The minimum Gasteiger partial charge on any atom is -0.423 e. The molecule has 0 aliphatic rings. The summed E-state index contributed by atoms with van der Waals surface area (Å²) >= 11 is 0. The molecular weight excluding hydrogens is 202 g/mol. The fourth-order valence-corrected chi connectivity index (χ4v) is 1.23. The predicted octanol–water partition coefficient (Wildman–Crippen LogP) is 3.07. The lowest BCUT2D eigenvalue weighted by Crippen LogP contribution is -2.07. The minimum atomic E-state index is -0.332. The van der Waals surface area contributed by atoms with Crippen LogP contribution in [-0.4, -0.2) is 5.97 Å². The molecule has 0 bridgehead atoms. The maximum absolute atomic E-state index is 11.6. The fourth-order valence-electron chi connectivity index (χ4n) is 1.23. The van der Waals surface area contributed by atoms with Gasteiger partial charge in [0, 0.05) is 0 Å². The lowest BCUT2D eigenvalue weighted by atomic mass is 10.2. The second-order valence-corrected chi connectivity index (χ2v) is 3.07. The molecule has 0 saturated heterocycles. The van der Waals surface area contributed by atoms with Crippen molar-refractivity contribution in [2.75, 3.05) is 0 Å². The van der Waals surface area contributed by atoms with E-state index < -0.39 is 0 Å². The van der Waals surface area contributed by atoms with Crippen molar-refractivity contribution in [1.29, 1.82) is 0 Å². The predicted molar refractivity (Wildman–Crippen MR) is 62.9 cm³/mol. The zero-order valence-electron chi connectivity index (χ0n) is 8.80. The van der Waals surface area contributed by atoms with Gasteiger partial charge >= 0.3 is 5.97 Å². The van der Waals surface area contributed by atoms with Crippen molar-refractivity contribution < 1.29 is 9.53 Å². The van der Waals surface area contributed by atoms with Gasteiger partial charge in [-0.1, -0.05) is 36.4 Å². The van der Waals surface area contributed by atoms with Crippen LogP contribution in [-0.2, 0) is 0 Å². The third-order valence-electron chi connectivity index (χ3n) is 1.96. The molecule has 3 nitrogen and oxygen atoms in total. The molecule has 0 spiro atoms. The van der Waals surface area contributed by atoms with Gasteiger partial charge < -0.3 is 10.9 Å². The summed E-state index contributed by atoms with van der Waals surface area (Å²) < 4.78 is 5.16. The van der Waals surface area contributed by atoms with E-state index in [0.29, 0.717) is 11.3 Å². The zero-order valence-corrected chi connectivity index (χ0v) is 8.80. The van der Waals surface area contributed by atoms with Crippen molar-refractivity contribution in [2.45, 2.75) is 0 Å². The Hall–Kier alpha value is -2.13. The van der Waals surface area contributed by atoms with Gasteiger partial charge in [0.05, 0.1) is 5.56 Å². The molecule has 16 heavy (non-hydrogen) atoms. The normalized spacial score (nSPS) is 9.00. The number of para-hydroxylation sites is 1. The van der Waals surface area contributed by atoms with Crippen LogP contribution in [0.3, 0.4) is 0 Å². The first-order valence-electron chi connectivity index (χ1n) is 4.68. The first kappa shape index (κ1) is 11.9. The maximum Gasteiger partial charge on any atom is 0.343 e. The first-order valence-corrected chi connectivity index (χ1v) is 4.68. The number of carbonyl (C=O) groups is 1. The van der Waals surface area contributed by atoms with E-state index in [1.54, 1.807) is 24.3 Å². The Bertz CT molecular complexity index is 440. The second-order valence-electron chi connectivity index (χ2n) is 3.07. The van der Waals surface area contributed by atoms with E-state index in [0.717, 1.165) is 0 Å². The molecule has 0 aliphatic carbocycles. The average Bonchev–Trinajstić information content (AvgIpc) is 2.31. The van der Waals surface area contributed by atoms with E-state index >= 15 is 0 Å². The molecule has 2 aromatic rings. The van der Waals surface area contributed by atoms with Gasteiger partial charge in [-0.2, -0.15) is 0 Å². The second kappa shape index (κ2) is 5.68. The summed E-state index contributed by atoms with van der Waals surface area (Å²) in [7, 11) is 0. The highest BCUT2D eigenvalue weighted by atomic mass is 16.5. The highest BCUT2D eigenvalue weighted by Gasteiger charge is 2.06. The van der Waals surface area contributed by atoms with Gasteiger partial charge in [-0.25, -0.2) is 4.79 Å². The molecule has 3 N–H and O–H groups in total. The summed E-state index contributed by atoms with van der Waals surface area (Å²) in [5.41, 5.74) is 0.557. The molecule has 0 saturated carbocycles. The summed E-state index contributed by atoms with van der Waals surface area (Å²) in [6.45, 7) is 0. The number of benzene rings is 2. The van der Waals surface area contributed by atoms with E-state index in [1.165, 1.54) is 0 Å². The zero-order chi connectivity index (χ0) is 10.5. The van der Waals surface area contributed by atoms with Crippen LogP contribution in [0.4, 0.5) is 0 Å². The Morgan fingerprint density at radius 1 is 0.812 bits per heavy atom. The molecule has 0 aliphatic heterocycles. The third-order valence-corrected chi connectivity index (χ3v) is 1.96. The van der Waals surface area contributed by atoms with Crippen LogP contribution in [0.2, 0.25) is 0 Å². The Morgan fingerprint density at radius 3 is 1.88 bits per heavy atom. The first-order chi connectivity index (χ1) is 7.36.